The Bertz CT molecular complexity index is 183. The Kier molecular flexibility index (Phi) is 4.90. The van der Waals surface area contributed by atoms with E-state index < -0.39 is 0 Å². The average Bonchev–Trinajstić information content (AvgIpc) is 2.30. The van der Waals surface area contributed by atoms with E-state index in [1.165, 1.54) is 0 Å². The summed E-state index contributed by atoms with van der Waals surface area (Å²) >= 11 is 0. The fourth-order valence-electron chi connectivity index (χ4n) is 1.46. The minimum absolute atomic E-state index is 0.0654. The third-order valence-corrected chi connectivity index (χ3v) is 2.28. The van der Waals surface area contributed by atoms with Gasteiger partial charge in [0.25, 0.3) is 0 Å². The lowest BCUT2D eigenvalue weighted by Crippen LogP contribution is -2.36. The summed E-state index contributed by atoms with van der Waals surface area (Å²) in [7, 11) is 0. The number of carbonyl (C=O) groups is 1. The summed E-state index contributed by atoms with van der Waals surface area (Å²) in [6.45, 7) is 8.48. The Morgan fingerprint density at radius 1 is 1.50 bits per heavy atom. The van der Waals surface area contributed by atoms with Gasteiger partial charge in [-0.15, -0.1) is 0 Å². The van der Waals surface area contributed by atoms with Crippen LogP contribution in [0.5, 0.6) is 0 Å². The van der Waals surface area contributed by atoms with Crippen LogP contribution in [0, 0.1) is 0 Å². The molecule has 1 rings (SSSR count). The molecule has 0 amide bonds. The van der Waals surface area contributed by atoms with Crippen LogP contribution in [0.4, 0.5) is 0 Å². The molecular weight excluding hydrogens is 180 g/mol. The summed E-state index contributed by atoms with van der Waals surface area (Å²) in [6.07, 6.45) is 0.529. The number of hydrogen-bond donors (Lipinski definition) is 1. The molecular formula is C10H20N2O2. The summed E-state index contributed by atoms with van der Waals surface area (Å²) in [4.78, 5) is 13.2. The molecule has 0 aromatic carbocycles. The van der Waals surface area contributed by atoms with Crippen molar-refractivity contribution in [3.05, 3.63) is 0 Å². The maximum Gasteiger partial charge on any atom is 0.307 e. The minimum atomic E-state index is -0.0654. The van der Waals surface area contributed by atoms with Gasteiger partial charge in [-0.1, -0.05) is 13.8 Å². The first-order chi connectivity index (χ1) is 6.68. The highest BCUT2D eigenvalue weighted by atomic mass is 16.5. The van der Waals surface area contributed by atoms with E-state index in [4.69, 9.17) is 4.74 Å². The summed E-state index contributed by atoms with van der Waals surface area (Å²) in [5.41, 5.74) is 0. The molecule has 0 atom stereocenters. The topological polar surface area (TPSA) is 41.6 Å². The van der Waals surface area contributed by atoms with E-state index in [0.717, 1.165) is 26.2 Å². The highest BCUT2D eigenvalue weighted by Crippen LogP contribution is 1.99. The van der Waals surface area contributed by atoms with Crippen molar-refractivity contribution >= 4 is 5.97 Å². The maximum atomic E-state index is 10.9. The lowest BCUT2D eigenvalue weighted by Gasteiger charge is -2.19. The Hall–Kier alpha value is -0.610. The first-order valence-corrected chi connectivity index (χ1v) is 5.30. The molecule has 0 unspecified atom stereocenters. The zero-order chi connectivity index (χ0) is 10.4. The van der Waals surface area contributed by atoms with Gasteiger partial charge in [0, 0.05) is 32.2 Å². The zero-order valence-corrected chi connectivity index (χ0v) is 9.08. The van der Waals surface area contributed by atoms with E-state index in [-0.39, 0.29) is 5.97 Å². The predicted octanol–water partition coefficient (Wildman–Crippen LogP) is 0.233. The van der Waals surface area contributed by atoms with E-state index in [1.807, 2.05) is 0 Å². The molecule has 1 fully saturated rings. The quantitative estimate of drug-likeness (QED) is 0.660. The summed E-state index contributed by atoms with van der Waals surface area (Å²) in [5.74, 6) is -0.0654. The first-order valence-electron chi connectivity index (χ1n) is 5.30. The third-order valence-electron chi connectivity index (χ3n) is 2.28. The van der Waals surface area contributed by atoms with E-state index >= 15 is 0 Å². The van der Waals surface area contributed by atoms with Crippen LogP contribution in [-0.4, -0.2) is 49.7 Å². The Labute approximate surface area is 85.6 Å². The molecule has 1 N–H and O–H groups in total. The predicted molar refractivity (Wildman–Crippen MR) is 55.2 cm³/mol. The average molecular weight is 200 g/mol. The molecule has 0 saturated carbocycles. The van der Waals surface area contributed by atoms with Crippen LogP contribution in [-0.2, 0) is 9.53 Å². The van der Waals surface area contributed by atoms with Crippen molar-refractivity contribution in [1.82, 2.24) is 10.2 Å². The molecule has 0 spiro atoms. The number of rotatable bonds is 4. The van der Waals surface area contributed by atoms with E-state index in [9.17, 15) is 4.79 Å². The van der Waals surface area contributed by atoms with Gasteiger partial charge >= 0.3 is 5.97 Å². The van der Waals surface area contributed by atoms with Crippen LogP contribution in [0.25, 0.3) is 0 Å². The largest absolute Gasteiger partial charge is 0.464 e. The van der Waals surface area contributed by atoms with Crippen LogP contribution in [0.1, 0.15) is 20.3 Å². The van der Waals surface area contributed by atoms with Crippen LogP contribution >= 0.6 is 0 Å². The molecule has 1 aliphatic rings. The lowest BCUT2D eigenvalue weighted by atomic mass is 10.3. The molecule has 1 heterocycles. The fraction of sp³-hybridized carbons (Fsp3) is 0.900. The number of nitrogens with one attached hydrogen (secondary N) is 1. The first kappa shape index (κ1) is 11.5. The van der Waals surface area contributed by atoms with Gasteiger partial charge in [0.2, 0.25) is 0 Å². The Morgan fingerprint density at radius 3 is 3.00 bits per heavy atom. The highest BCUT2D eigenvalue weighted by Gasteiger charge is 2.13. The SMILES string of the molecule is CC(C)NCCN1CCOC(=O)CC1. The van der Waals surface area contributed by atoms with Gasteiger partial charge in [-0.3, -0.25) is 9.69 Å². The van der Waals surface area contributed by atoms with Gasteiger partial charge in [0.15, 0.2) is 0 Å². The van der Waals surface area contributed by atoms with Gasteiger partial charge < -0.3 is 10.1 Å². The second-order valence-corrected chi connectivity index (χ2v) is 3.92. The minimum Gasteiger partial charge on any atom is -0.464 e. The number of ether oxygens (including phenoxy) is 1. The Balaban J connectivity index is 2.14. The van der Waals surface area contributed by atoms with E-state index in [2.05, 4.69) is 24.1 Å². The molecule has 0 aromatic rings. The normalized spacial score (nSPS) is 19.5. The van der Waals surface area contributed by atoms with Crippen molar-refractivity contribution in [3.8, 4) is 0 Å². The standard InChI is InChI=1S/C10H20N2O2/c1-9(2)11-4-6-12-5-3-10(13)14-8-7-12/h9,11H,3-8H2,1-2H3. The fourth-order valence-corrected chi connectivity index (χ4v) is 1.46. The Morgan fingerprint density at radius 2 is 2.29 bits per heavy atom. The van der Waals surface area contributed by atoms with Crippen molar-refractivity contribution in [1.29, 1.82) is 0 Å². The number of nitrogens with zero attached hydrogens (tertiary/aromatic N) is 1. The van der Waals surface area contributed by atoms with Crippen molar-refractivity contribution in [2.24, 2.45) is 0 Å². The summed E-state index contributed by atoms with van der Waals surface area (Å²) in [5, 5.41) is 3.36. The van der Waals surface area contributed by atoms with E-state index in [0.29, 0.717) is 19.1 Å². The van der Waals surface area contributed by atoms with Crippen LogP contribution < -0.4 is 5.32 Å². The molecule has 4 nitrogen and oxygen atoms in total. The monoisotopic (exact) mass is 200 g/mol. The second kappa shape index (κ2) is 5.98. The molecule has 1 saturated heterocycles. The van der Waals surface area contributed by atoms with Crippen molar-refractivity contribution in [2.75, 3.05) is 32.8 Å². The van der Waals surface area contributed by atoms with Crippen molar-refractivity contribution < 1.29 is 9.53 Å². The number of hydrogen-bond acceptors (Lipinski definition) is 4. The van der Waals surface area contributed by atoms with Crippen molar-refractivity contribution in [3.63, 3.8) is 0 Å². The van der Waals surface area contributed by atoms with Gasteiger partial charge in [-0.2, -0.15) is 0 Å². The van der Waals surface area contributed by atoms with Crippen molar-refractivity contribution in [2.45, 2.75) is 26.3 Å². The number of cyclic esters (lactones) is 1. The molecule has 14 heavy (non-hydrogen) atoms. The molecule has 0 radical (unpaired) electrons. The molecule has 0 aliphatic carbocycles. The zero-order valence-electron chi connectivity index (χ0n) is 9.08. The maximum absolute atomic E-state index is 10.9. The molecule has 82 valence electrons. The summed E-state index contributed by atoms with van der Waals surface area (Å²) < 4.78 is 4.96. The van der Waals surface area contributed by atoms with E-state index in [1.54, 1.807) is 0 Å². The number of esters is 1. The van der Waals surface area contributed by atoms with Gasteiger partial charge in [0.1, 0.15) is 6.61 Å². The molecule has 4 heteroatoms. The van der Waals surface area contributed by atoms with Crippen LogP contribution in [0.2, 0.25) is 0 Å². The smallest absolute Gasteiger partial charge is 0.307 e. The van der Waals surface area contributed by atoms with Crippen LogP contribution in [0.3, 0.4) is 0 Å². The third kappa shape index (κ3) is 4.58. The second-order valence-electron chi connectivity index (χ2n) is 3.92. The molecule has 0 aromatic heterocycles. The van der Waals surface area contributed by atoms with Crippen LogP contribution in [0.15, 0.2) is 0 Å². The lowest BCUT2D eigenvalue weighted by molar-refractivity contribution is -0.142. The van der Waals surface area contributed by atoms with Gasteiger partial charge in [-0.25, -0.2) is 0 Å². The van der Waals surface area contributed by atoms with Gasteiger partial charge in [-0.05, 0) is 0 Å². The highest BCUT2D eigenvalue weighted by molar-refractivity contribution is 5.69. The molecule has 1 aliphatic heterocycles. The molecule has 0 bridgehead atoms. The van der Waals surface area contributed by atoms with Gasteiger partial charge in [0.05, 0.1) is 6.42 Å². The summed E-state index contributed by atoms with van der Waals surface area (Å²) in [6, 6.07) is 0.528. The number of carbonyl (C=O) groups excluding carboxylic acids is 1.